The zero-order chi connectivity index (χ0) is 12.2. The maximum absolute atomic E-state index is 12.2. The van der Waals surface area contributed by atoms with Crippen LogP contribution in [0.2, 0.25) is 0 Å². The van der Waals surface area contributed by atoms with Crippen LogP contribution < -0.4 is 4.90 Å². The van der Waals surface area contributed by atoms with Gasteiger partial charge in [0.1, 0.15) is 6.54 Å². The number of alkyl halides is 3. The summed E-state index contributed by atoms with van der Waals surface area (Å²) in [5, 5.41) is 9.01. The lowest BCUT2D eigenvalue weighted by atomic mass is 10.4. The quantitative estimate of drug-likeness (QED) is 0.815. The molecule has 0 aliphatic heterocycles. The smallest absolute Gasteiger partial charge is 0.395 e. The summed E-state index contributed by atoms with van der Waals surface area (Å²) in [5.41, 5.74) is 0. The monoisotopic (exact) mass is 253 g/mol. The van der Waals surface area contributed by atoms with E-state index in [-0.39, 0.29) is 13.2 Å². The predicted octanol–water partition coefficient (Wildman–Crippen LogP) is 1.92. The summed E-state index contributed by atoms with van der Waals surface area (Å²) in [4.78, 5) is 11.8. The van der Waals surface area contributed by atoms with Gasteiger partial charge in [0.25, 0.3) is 0 Å². The highest BCUT2D eigenvalue weighted by molar-refractivity contribution is 7.17. The fourth-order valence-corrected chi connectivity index (χ4v) is 2.03. The standard InChI is InChI=1S/C9H10F3NO2S/c10-9(11,12)6-13(3-4-14)8-2-1-7(5-15)16-8/h1-2,5,14H,3-4,6H2. The van der Waals surface area contributed by atoms with Gasteiger partial charge < -0.3 is 10.0 Å². The number of aliphatic hydroxyl groups is 1. The lowest BCUT2D eigenvalue weighted by Gasteiger charge is -2.23. The Morgan fingerprint density at radius 3 is 2.56 bits per heavy atom. The fraction of sp³-hybridized carbons (Fsp3) is 0.444. The second kappa shape index (κ2) is 5.31. The average Bonchev–Trinajstić information content (AvgIpc) is 2.63. The number of carbonyl (C=O) groups excluding carboxylic acids is 1. The van der Waals surface area contributed by atoms with Gasteiger partial charge in [-0.2, -0.15) is 13.2 Å². The van der Waals surface area contributed by atoms with E-state index in [0.29, 0.717) is 16.2 Å². The first-order valence-corrected chi connectivity index (χ1v) is 5.25. The highest BCUT2D eigenvalue weighted by Crippen LogP contribution is 2.28. The molecule has 90 valence electrons. The Kier molecular flexibility index (Phi) is 4.31. The zero-order valence-electron chi connectivity index (χ0n) is 8.20. The topological polar surface area (TPSA) is 40.5 Å². The molecule has 1 heterocycles. The highest BCUT2D eigenvalue weighted by atomic mass is 32.1. The average molecular weight is 253 g/mol. The van der Waals surface area contributed by atoms with Crippen molar-refractivity contribution in [2.24, 2.45) is 0 Å². The molecule has 0 spiro atoms. The predicted molar refractivity (Wildman–Crippen MR) is 55.1 cm³/mol. The summed E-state index contributed by atoms with van der Waals surface area (Å²) in [7, 11) is 0. The van der Waals surface area contributed by atoms with Gasteiger partial charge in [-0.05, 0) is 12.1 Å². The third kappa shape index (κ3) is 3.82. The van der Waals surface area contributed by atoms with Gasteiger partial charge in [-0.3, -0.25) is 4.79 Å². The maximum atomic E-state index is 12.2. The van der Waals surface area contributed by atoms with Crippen molar-refractivity contribution in [3.05, 3.63) is 17.0 Å². The van der Waals surface area contributed by atoms with Crippen LogP contribution in [0.1, 0.15) is 9.67 Å². The number of hydrogen-bond donors (Lipinski definition) is 1. The van der Waals surface area contributed by atoms with Gasteiger partial charge in [-0.1, -0.05) is 0 Å². The van der Waals surface area contributed by atoms with E-state index in [0.717, 1.165) is 16.2 Å². The first-order valence-electron chi connectivity index (χ1n) is 4.44. The molecule has 0 atom stereocenters. The number of thiophene rings is 1. The first-order chi connectivity index (χ1) is 7.46. The normalized spacial score (nSPS) is 11.5. The van der Waals surface area contributed by atoms with E-state index in [4.69, 9.17) is 5.11 Å². The van der Waals surface area contributed by atoms with Crippen molar-refractivity contribution >= 4 is 22.6 Å². The fourth-order valence-electron chi connectivity index (χ4n) is 1.18. The molecule has 0 saturated carbocycles. The summed E-state index contributed by atoms with van der Waals surface area (Å²) >= 11 is 0.968. The summed E-state index contributed by atoms with van der Waals surface area (Å²) in [5.74, 6) is 0. The molecule has 0 fully saturated rings. The number of nitrogens with zero attached hydrogens (tertiary/aromatic N) is 1. The molecule has 0 unspecified atom stereocenters. The third-order valence-corrected chi connectivity index (χ3v) is 2.85. The number of aliphatic hydroxyl groups excluding tert-OH is 1. The van der Waals surface area contributed by atoms with Gasteiger partial charge in [-0.15, -0.1) is 11.3 Å². The van der Waals surface area contributed by atoms with Crippen LogP contribution in [0.4, 0.5) is 18.2 Å². The van der Waals surface area contributed by atoms with Crippen LogP contribution in [0.25, 0.3) is 0 Å². The molecule has 0 aliphatic carbocycles. The second-order valence-electron chi connectivity index (χ2n) is 3.05. The van der Waals surface area contributed by atoms with Crippen molar-refractivity contribution in [3.8, 4) is 0 Å². The van der Waals surface area contributed by atoms with Crippen LogP contribution in [0, 0.1) is 0 Å². The number of rotatable bonds is 5. The van der Waals surface area contributed by atoms with Gasteiger partial charge in [0.05, 0.1) is 16.5 Å². The van der Waals surface area contributed by atoms with Crippen molar-refractivity contribution in [3.63, 3.8) is 0 Å². The molecule has 1 aromatic heterocycles. The van der Waals surface area contributed by atoms with Gasteiger partial charge in [-0.25, -0.2) is 0 Å². The summed E-state index contributed by atoms with van der Waals surface area (Å²) in [6.45, 7) is -1.62. The molecule has 1 aromatic rings. The largest absolute Gasteiger partial charge is 0.405 e. The minimum Gasteiger partial charge on any atom is -0.395 e. The van der Waals surface area contributed by atoms with Crippen LogP contribution in [-0.2, 0) is 0 Å². The van der Waals surface area contributed by atoms with E-state index in [2.05, 4.69) is 0 Å². The van der Waals surface area contributed by atoms with Gasteiger partial charge in [0.15, 0.2) is 6.29 Å². The molecule has 0 aliphatic rings. The van der Waals surface area contributed by atoms with E-state index in [1.807, 2.05) is 0 Å². The minimum atomic E-state index is -4.33. The van der Waals surface area contributed by atoms with Crippen molar-refractivity contribution in [2.45, 2.75) is 6.18 Å². The molecule has 1 rings (SSSR count). The first kappa shape index (κ1) is 13.0. The van der Waals surface area contributed by atoms with Crippen LogP contribution in [0.5, 0.6) is 0 Å². The zero-order valence-corrected chi connectivity index (χ0v) is 9.01. The Morgan fingerprint density at radius 1 is 1.44 bits per heavy atom. The molecule has 0 bridgehead atoms. The van der Waals surface area contributed by atoms with Gasteiger partial charge in [0.2, 0.25) is 0 Å². The Labute approximate surface area is 94.1 Å². The molecule has 0 amide bonds. The minimum absolute atomic E-state index is 0.113. The number of anilines is 1. The number of hydrogen-bond acceptors (Lipinski definition) is 4. The van der Waals surface area contributed by atoms with Crippen LogP contribution in [0.15, 0.2) is 12.1 Å². The maximum Gasteiger partial charge on any atom is 0.405 e. The molecule has 3 nitrogen and oxygen atoms in total. The lowest BCUT2D eigenvalue weighted by molar-refractivity contribution is -0.119. The lowest BCUT2D eigenvalue weighted by Crippen LogP contribution is -2.35. The van der Waals surface area contributed by atoms with Crippen molar-refractivity contribution in [1.29, 1.82) is 0 Å². The molecular formula is C9H10F3NO2S. The summed E-state index contributed by atoms with van der Waals surface area (Å²) < 4.78 is 36.6. The second-order valence-corrected chi connectivity index (χ2v) is 4.15. The highest BCUT2D eigenvalue weighted by Gasteiger charge is 2.31. The van der Waals surface area contributed by atoms with Crippen molar-refractivity contribution < 1.29 is 23.1 Å². The Hall–Kier alpha value is -1.08. The molecule has 0 saturated heterocycles. The van der Waals surface area contributed by atoms with E-state index in [1.165, 1.54) is 12.1 Å². The Bertz CT molecular complexity index is 351. The van der Waals surface area contributed by atoms with E-state index in [9.17, 15) is 18.0 Å². The number of aldehydes is 1. The van der Waals surface area contributed by atoms with Crippen molar-refractivity contribution in [1.82, 2.24) is 0 Å². The Morgan fingerprint density at radius 2 is 2.12 bits per heavy atom. The van der Waals surface area contributed by atoms with Crippen LogP contribution >= 0.6 is 11.3 Å². The molecule has 0 radical (unpaired) electrons. The number of carbonyl (C=O) groups is 1. The molecule has 1 N–H and O–H groups in total. The SMILES string of the molecule is O=Cc1ccc(N(CCO)CC(F)(F)F)s1. The summed E-state index contributed by atoms with van der Waals surface area (Å²) in [6, 6.07) is 2.89. The van der Waals surface area contributed by atoms with E-state index in [1.54, 1.807) is 0 Å². The Balaban J connectivity index is 2.80. The van der Waals surface area contributed by atoms with Crippen LogP contribution in [0.3, 0.4) is 0 Å². The molecular weight excluding hydrogens is 243 g/mol. The molecule has 7 heteroatoms. The van der Waals surface area contributed by atoms with E-state index < -0.39 is 12.7 Å². The number of halogens is 3. The molecule has 16 heavy (non-hydrogen) atoms. The van der Waals surface area contributed by atoms with Crippen molar-refractivity contribution in [2.75, 3.05) is 24.6 Å². The molecule has 0 aromatic carbocycles. The third-order valence-electron chi connectivity index (χ3n) is 1.78. The van der Waals surface area contributed by atoms with Gasteiger partial charge >= 0.3 is 6.18 Å². The van der Waals surface area contributed by atoms with E-state index >= 15 is 0 Å². The summed E-state index contributed by atoms with van der Waals surface area (Å²) in [6.07, 6.45) is -3.75. The van der Waals surface area contributed by atoms with Gasteiger partial charge in [0, 0.05) is 6.54 Å². The van der Waals surface area contributed by atoms with Crippen LogP contribution in [-0.4, -0.2) is 37.3 Å².